The molecule has 32 heavy (non-hydrogen) atoms. The third kappa shape index (κ3) is 4.70. The minimum atomic E-state index is -0.177. The van der Waals surface area contributed by atoms with Gasteiger partial charge in [0.05, 0.1) is 18.5 Å². The number of pyridine rings is 1. The van der Waals surface area contributed by atoms with Crippen molar-refractivity contribution in [1.29, 1.82) is 0 Å². The van der Waals surface area contributed by atoms with Crippen LogP contribution in [0.2, 0.25) is 0 Å². The lowest BCUT2D eigenvalue weighted by Gasteiger charge is -2.11. The first-order valence-electron chi connectivity index (χ1n) is 10.6. The summed E-state index contributed by atoms with van der Waals surface area (Å²) in [6.45, 7) is 4.54. The molecule has 4 rings (SSSR count). The number of carbonyl (C=O) groups excluding carboxylic acids is 1. The SMILES string of the molecule is COc1cccc(-c2cc(C(=O)NCCc3ccccn3)n(-c3cc(C)ccc3C)n2)c1. The molecule has 0 radical (unpaired) electrons. The minimum absolute atomic E-state index is 0.177. The Hall–Kier alpha value is -3.93. The number of hydrogen-bond acceptors (Lipinski definition) is 4. The van der Waals surface area contributed by atoms with Gasteiger partial charge >= 0.3 is 0 Å². The molecule has 0 fully saturated rings. The fraction of sp³-hybridized carbons (Fsp3) is 0.192. The van der Waals surface area contributed by atoms with Crippen molar-refractivity contribution >= 4 is 5.91 Å². The molecule has 2 aromatic heterocycles. The van der Waals surface area contributed by atoms with Crippen molar-refractivity contribution in [2.24, 2.45) is 0 Å². The lowest BCUT2D eigenvalue weighted by atomic mass is 10.1. The first-order valence-corrected chi connectivity index (χ1v) is 10.6. The van der Waals surface area contributed by atoms with E-state index in [1.165, 1.54) is 0 Å². The minimum Gasteiger partial charge on any atom is -0.497 e. The summed E-state index contributed by atoms with van der Waals surface area (Å²) in [5, 5.41) is 7.82. The van der Waals surface area contributed by atoms with Gasteiger partial charge in [-0.15, -0.1) is 0 Å². The van der Waals surface area contributed by atoms with Crippen molar-refractivity contribution in [2.75, 3.05) is 13.7 Å². The monoisotopic (exact) mass is 426 g/mol. The van der Waals surface area contributed by atoms with Crippen LogP contribution in [-0.4, -0.2) is 34.3 Å². The molecule has 0 atom stereocenters. The van der Waals surface area contributed by atoms with Crippen LogP contribution in [0.1, 0.15) is 27.3 Å². The van der Waals surface area contributed by atoms with Crippen molar-refractivity contribution in [1.82, 2.24) is 20.1 Å². The molecule has 6 nitrogen and oxygen atoms in total. The third-order valence-corrected chi connectivity index (χ3v) is 5.29. The molecule has 0 spiro atoms. The normalized spacial score (nSPS) is 10.7. The molecule has 0 bridgehead atoms. The smallest absolute Gasteiger partial charge is 0.270 e. The Morgan fingerprint density at radius 3 is 2.69 bits per heavy atom. The highest BCUT2D eigenvalue weighted by molar-refractivity contribution is 5.94. The molecule has 1 N–H and O–H groups in total. The summed E-state index contributed by atoms with van der Waals surface area (Å²) in [5.41, 5.74) is 6.04. The molecule has 2 heterocycles. The number of aromatic nitrogens is 3. The van der Waals surface area contributed by atoms with Crippen LogP contribution in [-0.2, 0) is 6.42 Å². The number of amides is 1. The Morgan fingerprint density at radius 2 is 1.91 bits per heavy atom. The number of carbonyl (C=O) groups is 1. The summed E-state index contributed by atoms with van der Waals surface area (Å²) in [4.78, 5) is 17.5. The average Bonchev–Trinajstić information content (AvgIpc) is 3.27. The Kier molecular flexibility index (Phi) is 6.31. The van der Waals surface area contributed by atoms with E-state index in [2.05, 4.69) is 16.4 Å². The Bertz CT molecular complexity index is 1230. The van der Waals surface area contributed by atoms with Gasteiger partial charge in [0.1, 0.15) is 11.4 Å². The van der Waals surface area contributed by atoms with E-state index in [0.717, 1.165) is 33.8 Å². The standard InChI is InChI=1S/C26H26N4O2/c1-18-10-11-19(2)24(15-18)30-25(26(31)28-14-12-21-8-4-5-13-27-21)17-23(29-30)20-7-6-9-22(16-20)32-3/h4-11,13,15-17H,12,14H2,1-3H3,(H,28,31). The second-order valence-electron chi connectivity index (χ2n) is 7.68. The highest BCUT2D eigenvalue weighted by Crippen LogP contribution is 2.26. The van der Waals surface area contributed by atoms with Crippen LogP contribution in [0.15, 0.2) is 72.9 Å². The molecule has 4 aromatic rings. The quantitative estimate of drug-likeness (QED) is 0.471. The molecule has 162 valence electrons. The van der Waals surface area contributed by atoms with Crippen LogP contribution in [0.5, 0.6) is 5.75 Å². The zero-order valence-corrected chi connectivity index (χ0v) is 18.5. The summed E-state index contributed by atoms with van der Waals surface area (Å²) in [6.07, 6.45) is 2.42. The summed E-state index contributed by atoms with van der Waals surface area (Å²) in [7, 11) is 1.63. The molecule has 2 aromatic carbocycles. The van der Waals surface area contributed by atoms with Crippen molar-refractivity contribution in [2.45, 2.75) is 20.3 Å². The molecular formula is C26H26N4O2. The van der Waals surface area contributed by atoms with Crippen LogP contribution in [0, 0.1) is 13.8 Å². The zero-order valence-electron chi connectivity index (χ0n) is 18.5. The maximum absolute atomic E-state index is 13.2. The Morgan fingerprint density at radius 1 is 1.03 bits per heavy atom. The zero-order chi connectivity index (χ0) is 22.5. The van der Waals surface area contributed by atoms with Gasteiger partial charge in [0.2, 0.25) is 0 Å². The van der Waals surface area contributed by atoms with Gasteiger partial charge < -0.3 is 10.1 Å². The van der Waals surface area contributed by atoms with E-state index in [1.54, 1.807) is 18.0 Å². The van der Waals surface area contributed by atoms with Gasteiger partial charge in [-0.25, -0.2) is 4.68 Å². The highest BCUT2D eigenvalue weighted by atomic mass is 16.5. The molecule has 0 saturated carbocycles. The summed E-state index contributed by atoms with van der Waals surface area (Å²) >= 11 is 0. The van der Waals surface area contributed by atoms with E-state index in [9.17, 15) is 4.79 Å². The van der Waals surface area contributed by atoms with Gasteiger partial charge in [0.15, 0.2) is 0 Å². The number of rotatable bonds is 7. The highest BCUT2D eigenvalue weighted by Gasteiger charge is 2.19. The number of hydrogen-bond donors (Lipinski definition) is 1. The van der Waals surface area contributed by atoms with Crippen molar-refractivity contribution in [3.05, 3.63) is 95.4 Å². The van der Waals surface area contributed by atoms with Crippen LogP contribution < -0.4 is 10.1 Å². The topological polar surface area (TPSA) is 69.0 Å². The maximum Gasteiger partial charge on any atom is 0.270 e. The lowest BCUT2D eigenvalue weighted by Crippen LogP contribution is -2.28. The van der Waals surface area contributed by atoms with Crippen LogP contribution in [0.4, 0.5) is 0 Å². The number of nitrogens with one attached hydrogen (secondary N) is 1. The van der Waals surface area contributed by atoms with E-state index in [-0.39, 0.29) is 5.91 Å². The fourth-order valence-electron chi connectivity index (χ4n) is 3.54. The number of ether oxygens (including phenoxy) is 1. The van der Waals surface area contributed by atoms with E-state index in [1.807, 2.05) is 74.5 Å². The largest absolute Gasteiger partial charge is 0.497 e. The molecular weight excluding hydrogens is 400 g/mol. The predicted octanol–water partition coefficient (Wildman–Crippen LogP) is 4.53. The second-order valence-corrected chi connectivity index (χ2v) is 7.68. The molecule has 0 unspecified atom stereocenters. The van der Waals surface area contributed by atoms with Crippen LogP contribution in [0.25, 0.3) is 16.9 Å². The number of benzene rings is 2. The molecule has 0 aliphatic heterocycles. The molecule has 0 aliphatic rings. The first-order chi connectivity index (χ1) is 15.5. The molecule has 6 heteroatoms. The number of aryl methyl sites for hydroxylation is 2. The predicted molar refractivity (Wildman–Crippen MR) is 125 cm³/mol. The Labute approximate surface area is 187 Å². The molecule has 0 aliphatic carbocycles. The van der Waals surface area contributed by atoms with Crippen molar-refractivity contribution in [3.63, 3.8) is 0 Å². The van der Waals surface area contributed by atoms with Crippen molar-refractivity contribution < 1.29 is 9.53 Å². The molecule has 0 saturated heterocycles. The third-order valence-electron chi connectivity index (χ3n) is 5.29. The first kappa shape index (κ1) is 21.3. The maximum atomic E-state index is 13.2. The van der Waals surface area contributed by atoms with Gasteiger partial charge in [-0.05, 0) is 61.4 Å². The Balaban J connectivity index is 1.68. The van der Waals surface area contributed by atoms with E-state index < -0.39 is 0 Å². The molecule has 1 amide bonds. The van der Waals surface area contributed by atoms with Gasteiger partial charge in [-0.3, -0.25) is 9.78 Å². The van der Waals surface area contributed by atoms with E-state index in [0.29, 0.717) is 24.4 Å². The van der Waals surface area contributed by atoms with Crippen LogP contribution in [0.3, 0.4) is 0 Å². The summed E-state index contributed by atoms with van der Waals surface area (Å²) in [5.74, 6) is 0.564. The summed E-state index contributed by atoms with van der Waals surface area (Å²) < 4.78 is 7.09. The van der Waals surface area contributed by atoms with E-state index in [4.69, 9.17) is 9.84 Å². The average molecular weight is 427 g/mol. The van der Waals surface area contributed by atoms with Crippen LogP contribution >= 0.6 is 0 Å². The van der Waals surface area contributed by atoms with E-state index >= 15 is 0 Å². The number of nitrogens with zero attached hydrogens (tertiary/aromatic N) is 3. The van der Waals surface area contributed by atoms with Gasteiger partial charge in [-0.1, -0.05) is 30.3 Å². The summed E-state index contributed by atoms with van der Waals surface area (Å²) in [6, 6.07) is 21.4. The van der Waals surface area contributed by atoms with Crippen molar-refractivity contribution in [3.8, 4) is 22.7 Å². The fourth-order valence-corrected chi connectivity index (χ4v) is 3.54. The lowest BCUT2D eigenvalue weighted by molar-refractivity contribution is 0.0946. The second kappa shape index (κ2) is 9.47. The van der Waals surface area contributed by atoms with Gasteiger partial charge in [0, 0.05) is 30.4 Å². The number of methoxy groups -OCH3 is 1. The van der Waals surface area contributed by atoms with Gasteiger partial charge in [0.25, 0.3) is 5.91 Å². The van der Waals surface area contributed by atoms with Gasteiger partial charge in [-0.2, -0.15) is 5.10 Å².